The van der Waals surface area contributed by atoms with Crippen LogP contribution >= 0.6 is 0 Å². The second-order valence-corrected chi connectivity index (χ2v) is 10.8. The largest absolute Gasteiger partial charge is 0.379 e. The first kappa shape index (κ1) is 21.0. The van der Waals surface area contributed by atoms with E-state index in [9.17, 15) is 13.2 Å². The zero-order valence-corrected chi connectivity index (χ0v) is 18.5. The fraction of sp³-hybridized carbons (Fsp3) is 0.435. The zero-order valence-electron chi connectivity index (χ0n) is 17.7. The summed E-state index contributed by atoms with van der Waals surface area (Å²) in [7, 11) is -3.64. The van der Waals surface area contributed by atoms with E-state index in [-0.39, 0.29) is 16.2 Å². The number of amides is 1. The normalized spacial score (nSPS) is 17.8. The third-order valence-electron chi connectivity index (χ3n) is 5.78. The summed E-state index contributed by atoms with van der Waals surface area (Å²) in [5.74, 6) is -0.170. The molecule has 0 saturated carbocycles. The number of anilines is 1. The number of benzene rings is 2. The van der Waals surface area contributed by atoms with Gasteiger partial charge in [0.2, 0.25) is 10.0 Å². The summed E-state index contributed by atoms with van der Waals surface area (Å²) in [5, 5.41) is 0. The van der Waals surface area contributed by atoms with Crippen LogP contribution in [0.3, 0.4) is 0 Å². The van der Waals surface area contributed by atoms with E-state index < -0.39 is 10.0 Å². The Bertz CT molecular complexity index is 1070. The molecule has 0 atom stereocenters. The fourth-order valence-electron chi connectivity index (χ4n) is 3.96. The summed E-state index contributed by atoms with van der Waals surface area (Å²) in [5.41, 5.74) is 3.75. The minimum Gasteiger partial charge on any atom is -0.379 e. The molecule has 6 nitrogen and oxygen atoms in total. The van der Waals surface area contributed by atoms with E-state index in [1.165, 1.54) is 15.9 Å². The van der Waals surface area contributed by atoms with Crippen molar-refractivity contribution < 1.29 is 17.9 Å². The highest BCUT2D eigenvalue weighted by Gasteiger charge is 2.30. The Labute approximate surface area is 178 Å². The summed E-state index contributed by atoms with van der Waals surface area (Å²) in [6.45, 7) is 8.55. The summed E-state index contributed by atoms with van der Waals surface area (Å²) >= 11 is 0. The van der Waals surface area contributed by atoms with Gasteiger partial charge in [-0.1, -0.05) is 39.0 Å². The molecular formula is C23H28N2O4S. The van der Waals surface area contributed by atoms with Crippen LogP contribution in [0.5, 0.6) is 0 Å². The van der Waals surface area contributed by atoms with Crippen LogP contribution in [0, 0.1) is 0 Å². The third-order valence-corrected chi connectivity index (χ3v) is 7.67. The summed E-state index contributed by atoms with van der Waals surface area (Å²) < 4.78 is 32.6. The Morgan fingerprint density at radius 3 is 2.43 bits per heavy atom. The second kappa shape index (κ2) is 7.80. The molecule has 0 spiro atoms. The van der Waals surface area contributed by atoms with Gasteiger partial charge >= 0.3 is 0 Å². The van der Waals surface area contributed by atoms with Gasteiger partial charge in [0.1, 0.15) is 0 Å². The van der Waals surface area contributed by atoms with Crippen LogP contribution in [0.1, 0.15) is 42.3 Å². The molecule has 2 aliphatic rings. The maximum atomic E-state index is 13.2. The van der Waals surface area contributed by atoms with Gasteiger partial charge < -0.3 is 9.64 Å². The lowest BCUT2D eigenvalue weighted by Gasteiger charge is -2.26. The summed E-state index contributed by atoms with van der Waals surface area (Å²) in [6, 6.07) is 12.6. The van der Waals surface area contributed by atoms with Crippen LogP contribution in [0.15, 0.2) is 47.4 Å². The van der Waals surface area contributed by atoms with Gasteiger partial charge in [0.05, 0.1) is 18.1 Å². The van der Waals surface area contributed by atoms with E-state index in [1.54, 1.807) is 23.1 Å². The Hall–Kier alpha value is -2.22. The monoisotopic (exact) mass is 428 g/mol. The Kier molecular flexibility index (Phi) is 5.46. The van der Waals surface area contributed by atoms with Gasteiger partial charge in [0, 0.05) is 30.9 Å². The number of carbonyl (C=O) groups excluding carboxylic acids is 1. The van der Waals surface area contributed by atoms with Crippen molar-refractivity contribution in [3.05, 3.63) is 59.2 Å². The first-order valence-electron chi connectivity index (χ1n) is 10.3. The number of rotatable bonds is 3. The Morgan fingerprint density at radius 1 is 1.00 bits per heavy atom. The topological polar surface area (TPSA) is 66.9 Å². The van der Waals surface area contributed by atoms with Crippen LogP contribution in [-0.4, -0.2) is 51.5 Å². The van der Waals surface area contributed by atoms with Gasteiger partial charge in [-0.3, -0.25) is 4.79 Å². The minimum absolute atomic E-state index is 0.0502. The number of hydrogen-bond acceptors (Lipinski definition) is 4. The highest BCUT2D eigenvalue weighted by atomic mass is 32.2. The van der Waals surface area contributed by atoms with E-state index in [1.807, 2.05) is 6.07 Å². The minimum atomic E-state index is -3.64. The van der Waals surface area contributed by atoms with Crippen molar-refractivity contribution in [2.75, 3.05) is 37.7 Å². The SMILES string of the molecule is CC(C)(C)c1ccc2c(c1)CCN2C(=O)c1cccc(S(=O)(=O)N2CCOCC2)c1. The van der Waals surface area contributed by atoms with Gasteiger partial charge in [-0.05, 0) is 47.2 Å². The molecule has 30 heavy (non-hydrogen) atoms. The molecule has 2 aromatic rings. The number of ether oxygens (including phenoxy) is 1. The highest BCUT2D eigenvalue weighted by Crippen LogP contribution is 2.34. The van der Waals surface area contributed by atoms with Crippen molar-refractivity contribution in [2.24, 2.45) is 0 Å². The molecule has 2 aromatic carbocycles. The van der Waals surface area contributed by atoms with Gasteiger partial charge in [0.25, 0.3) is 5.91 Å². The molecule has 1 fully saturated rings. The first-order valence-corrected chi connectivity index (χ1v) is 11.8. The van der Waals surface area contributed by atoms with Crippen molar-refractivity contribution in [3.8, 4) is 0 Å². The van der Waals surface area contributed by atoms with Gasteiger partial charge in [-0.15, -0.1) is 0 Å². The van der Waals surface area contributed by atoms with Crippen molar-refractivity contribution in [3.63, 3.8) is 0 Å². The van der Waals surface area contributed by atoms with Crippen LogP contribution < -0.4 is 4.90 Å². The van der Waals surface area contributed by atoms with Gasteiger partial charge in [0.15, 0.2) is 0 Å². The maximum Gasteiger partial charge on any atom is 0.258 e. The average Bonchev–Trinajstić information content (AvgIpc) is 3.16. The number of nitrogens with zero attached hydrogens (tertiary/aromatic N) is 2. The summed E-state index contributed by atoms with van der Waals surface area (Å²) in [6.07, 6.45) is 0.802. The third kappa shape index (κ3) is 3.89. The van der Waals surface area contributed by atoms with Crippen LogP contribution in [0.4, 0.5) is 5.69 Å². The van der Waals surface area contributed by atoms with Crippen molar-refractivity contribution in [2.45, 2.75) is 37.5 Å². The van der Waals surface area contributed by atoms with Gasteiger partial charge in [-0.2, -0.15) is 4.31 Å². The van der Waals surface area contributed by atoms with E-state index in [2.05, 4.69) is 32.9 Å². The van der Waals surface area contributed by atoms with Crippen molar-refractivity contribution in [1.29, 1.82) is 0 Å². The molecule has 7 heteroatoms. The molecule has 0 aromatic heterocycles. The Morgan fingerprint density at radius 2 is 1.73 bits per heavy atom. The Balaban J connectivity index is 1.61. The van der Waals surface area contributed by atoms with E-state index in [4.69, 9.17) is 4.74 Å². The van der Waals surface area contributed by atoms with Crippen LogP contribution in [0.25, 0.3) is 0 Å². The van der Waals surface area contributed by atoms with Gasteiger partial charge in [-0.25, -0.2) is 8.42 Å². The maximum absolute atomic E-state index is 13.2. The van der Waals surface area contributed by atoms with Crippen LogP contribution in [0.2, 0.25) is 0 Å². The number of morpholine rings is 1. The summed E-state index contributed by atoms with van der Waals surface area (Å²) in [4.78, 5) is 15.1. The fourth-order valence-corrected chi connectivity index (χ4v) is 5.42. The molecule has 0 unspecified atom stereocenters. The molecule has 0 N–H and O–H groups in total. The molecule has 160 valence electrons. The van der Waals surface area contributed by atoms with Crippen molar-refractivity contribution >= 4 is 21.6 Å². The standard InChI is InChI=1S/C23H28N2O4S/c1-23(2,3)19-7-8-21-17(15-19)9-10-25(21)22(26)18-5-4-6-20(16-18)30(27,28)24-11-13-29-14-12-24/h4-8,15-16H,9-14H2,1-3H3. The molecule has 0 bridgehead atoms. The molecule has 1 amide bonds. The van der Waals surface area contributed by atoms with Crippen molar-refractivity contribution in [1.82, 2.24) is 4.31 Å². The lowest BCUT2D eigenvalue weighted by atomic mass is 9.86. The average molecular weight is 429 g/mol. The molecule has 0 radical (unpaired) electrons. The second-order valence-electron chi connectivity index (χ2n) is 8.84. The lowest BCUT2D eigenvalue weighted by Crippen LogP contribution is -2.40. The number of hydrogen-bond donors (Lipinski definition) is 0. The smallest absolute Gasteiger partial charge is 0.258 e. The molecule has 2 heterocycles. The van der Waals surface area contributed by atoms with E-state index in [0.29, 0.717) is 38.4 Å². The zero-order chi connectivity index (χ0) is 21.5. The first-order chi connectivity index (χ1) is 14.2. The molecule has 2 aliphatic heterocycles. The molecular weight excluding hydrogens is 400 g/mol. The quantitative estimate of drug-likeness (QED) is 0.753. The van der Waals surface area contributed by atoms with E-state index in [0.717, 1.165) is 17.7 Å². The predicted molar refractivity (Wildman–Crippen MR) is 117 cm³/mol. The van der Waals surface area contributed by atoms with Crippen LogP contribution in [-0.2, 0) is 26.6 Å². The number of carbonyl (C=O) groups is 1. The molecule has 0 aliphatic carbocycles. The molecule has 1 saturated heterocycles. The number of sulfonamides is 1. The lowest BCUT2D eigenvalue weighted by molar-refractivity contribution is 0.0730. The number of fused-ring (bicyclic) bond motifs is 1. The van der Waals surface area contributed by atoms with E-state index >= 15 is 0 Å². The predicted octanol–water partition coefficient (Wildman–Crippen LogP) is 3.21. The highest BCUT2D eigenvalue weighted by molar-refractivity contribution is 7.89. The molecule has 4 rings (SSSR count).